The van der Waals surface area contributed by atoms with Crippen LogP contribution < -0.4 is 4.74 Å². The van der Waals surface area contributed by atoms with Crippen molar-refractivity contribution in [2.45, 2.75) is 12.8 Å². The van der Waals surface area contributed by atoms with Crippen molar-refractivity contribution < 1.29 is 14.3 Å². The summed E-state index contributed by atoms with van der Waals surface area (Å²) in [7, 11) is 2.97. The molecule has 76 valence electrons. The van der Waals surface area contributed by atoms with E-state index < -0.39 is 0 Å². The van der Waals surface area contributed by atoms with Crippen LogP contribution in [0.3, 0.4) is 0 Å². The van der Waals surface area contributed by atoms with E-state index in [2.05, 4.69) is 9.72 Å². The third-order valence-electron chi connectivity index (χ3n) is 1.85. The molecular formula is C10H13NO3. The second-order valence-electron chi connectivity index (χ2n) is 2.77. The Bertz CT molecular complexity index is 295. The molecular weight excluding hydrogens is 182 g/mol. The Labute approximate surface area is 82.9 Å². The molecule has 1 aromatic rings. The van der Waals surface area contributed by atoms with Crippen molar-refractivity contribution in [3.05, 3.63) is 24.0 Å². The number of hydrogen-bond donors (Lipinski definition) is 0. The van der Waals surface area contributed by atoms with Gasteiger partial charge in [0.1, 0.15) is 5.75 Å². The molecule has 1 aromatic heterocycles. The summed E-state index contributed by atoms with van der Waals surface area (Å²) in [4.78, 5) is 15.0. The van der Waals surface area contributed by atoms with Gasteiger partial charge in [0.2, 0.25) is 0 Å². The van der Waals surface area contributed by atoms with E-state index in [9.17, 15) is 4.79 Å². The van der Waals surface area contributed by atoms with Gasteiger partial charge in [0.05, 0.1) is 26.8 Å². The fraction of sp³-hybridized carbons (Fsp3) is 0.400. The zero-order valence-corrected chi connectivity index (χ0v) is 8.32. The van der Waals surface area contributed by atoms with Crippen LogP contribution in [0.4, 0.5) is 0 Å². The Hall–Kier alpha value is -1.58. The Morgan fingerprint density at radius 3 is 2.71 bits per heavy atom. The lowest BCUT2D eigenvalue weighted by Crippen LogP contribution is -2.02. The smallest absolute Gasteiger partial charge is 0.305 e. The second kappa shape index (κ2) is 5.21. The molecule has 14 heavy (non-hydrogen) atoms. The molecule has 0 N–H and O–H groups in total. The van der Waals surface area contributed by atoms with Gasteiger partial charge in [-0.15, -0.1) is 0 Å². The van der Waals surface area contributed by atoms with Gasteiger partial charge in [0.25, 0.3) is 0 Å². The van der Waals surface area contributed by atoms with Gasteiger partial charge in [0.15, 0.2) is 0 Å². The first kappa shape index (κ1) is 10.5. The summed E-state index contributed by atoms with van der Waals surface area (Å²) in [5, 5.41) is 0. The summed E-state index contributed by atoms with van der Waals surface area (Å²) < 4.78 is 9.49. The quantitative estimate of drug-likeness (QED) is 0.677. The Morgan fingerprint density at radius 1 is 1.43 bits per heavy atom. The zero-order chi connectivity index (χ0) is 10.4. The maximum Gasteiger partial charge on any atom is 0.305 e. The molecule has 0 atom stereocenters. The van der Waals surface area contributed by atoms with Crippen LogP contribution in [0.15, 0.2) is 18.3 Å². The molecule has 0 saturated heterocycles. The lowest BCUT2D eigenvalue weighted by atomic mass is 10.2. The first-order valence-electron chi connectivity index (χ1n) is 4.32. The first-order valence-corrected chi connectivity index (χ1v) is 4.32. The van der Waals surface area contributed by atoms with Crippen LogP contribution in [-0.2, 0) is 16.0 Å². The predicted molar refractivity (Wildman–Crippen MR) is 51.1 cm³/mol. The highest BCUT2D eigenvalue weighted by Crippen LogP contribution is 2.09. The minimum absolute atomic E-state index is 0.220. The highest BCUT2D eigenvalue weighted by Gasteiger charge is 2.02. The van der Waals surface area contributed by atoms with Crippen molar-refractivity contribution in [3.8, 4) is 5.75 Å². The topological polar surface area (TPSA) is 48.4 Å². The van der Waals surface area contributed by atoms with Crippen LogP contribution in [-0.4, -0.2) is 25.2 Å². The zero-order valence-electron chi connectivity index (χ0n) is 8.32. The minimum atomic E-state index is -0.220. The summed E-state index contributed by atoms with van der Waals surface area (Å²) in [5.74, 6) is 0.495. The maximum absolute atomic E-state index is 10.8. The molecule has 0 radical (unpaired) electrons. The molecule has 0 aliphatic heterocycles. The minimum Gasteiger partial charge on any atom is -0.495 e. The van der Waals surface area contributed by atoms with Gasteiger partial charge < -0.3 is 9.47 Å². The average molecular weight is 195 g/mol. The van der Waals surface area contributed by atoms with Crippen molar-refractivity contribution in [3.63, 3.8) is 0 Å². The summed E-state index contributed by atoms with van der Waals surface area (Å²) in [6.07, 6.45) is 2.58. The molecule has 1 heterocycles. The number of aromatic nitrogens is 1. The molecule has 0 saturated carbocycles. The third kappa shape index (κ3) is 3.05. The number of hydrogen-bond acceptors (Lipinski definition) is 4. The van der Waals surface area contributed by atoms with E-state index >= 15 is 0 Å². The van der Waals surface area contributed by atoms with Crippen LogP contribution in [0.2, 0.25) is 0 Å². The van der Waals surface area contributed by atoms with Gasteiger partial charge in [-0.2, -0.15) is 0 Å². The van der Waals surface area contributed by atoms with Gasteiger partial charge in [-0.1, -0.05) is 0 Å². The summed E-state index contributed by atoms with van der Waals surface area (Å²) in [5.41, 5.74) is 0.858. The maximum atomic E-state index is 10.8. The number of nitrogens with zero attached hydrogens (tertiary/aromatic N) is 1. The van der Waals surface area contributed by atoms with E-state index in [1.165, 1.54) is 7.11 Å². The molecule has 0 aliphatic rings. The van der Waals surface area contributed by atoms with Crippen LogP contribution in [0, 0.1) is 0 Å². The summed E-state index contributed by atoms with van der Waals surface area (Å²) in [6, 6.07) is 3.65. The number of pyridine rings is 1. The molecule has 0 aromatic carbocycles. The molecule has 0 fully saturated rings. The molecule has 0 aliphatic carbocycles. The van der Waals surface area contributed by atoms with Crippen LogP contribution in [0.5, 0.6) is 5.75 Å². The Kier molecular flexibility index (Phi) is 3.91. The molecule has 0 bridgehead atoms. The fourth-order valence-electron chi connectivity index (χ4n) is 1.01. The number of methoxy groups -OCH3 is 2. The Morgan fingerprint density at radius 2 is 2.21 bits per heavy atom. The standard InChI is InChI=1S/C10H13NO3/c1-13-9-5-3-8(11-7-9)4-6-10(12)14-2/h3,5,7H,4,6H2,1-2H3. The molecule has 4 heteroatoms. The molecule has 1 rings (SSSR count). The van der Waals surface area contributed by atoms with Crippen molar-refractivity contribution in [2.75, 3.05) is 14.2 Å². The van der Waals surface area contributed by atoms with Gasteiger partial charge >= 0.3 is 5.97 Å². The van der Waals surface area contributed by atoms with Gasteiger partial charge in [0, 0.05) is 12.1 Å². The van der Waals surface area contributed by atoms with E-state index in [4.69, 9.17) is 4.74 Å². The van der Waals surface area contributed by atoms with Crippen LogP contribution >= 0.6 is 0 Å². The Balaban J connectivity index is 2.47. The summed E-state index contributed by atoms with van der Waals surface area (Å²) in [6.45, 7) is 0. The second-order valence-corrected chi connectivity index (χ2v) is 2.77. The van der Waals surface area contributed by atoms with Crippen molar-refractivity contribution in [1.29, 1.82) is 0 Å². The van der Waals surface area contributed by atoms with E-state index in [0.717, 1.165) is 5.69 Å². The molecule has 0 unspecified atom stereocenters. The van der Waals surface area contributed by atoms with E-state index in [1.807, 2.05) is 12.1 Å². The SMILES string of the molecule is COC(=O)CCc1ccc(OC)cn1. The normalized spacial score (nSPS) is 9.57. The monoisotopic (exact) mass is 195 g/mol. The number of rotatable bonds is 4. The number of carbonyl (C=O) groups is 1. The van der Waals surface area contributed by atoms with E-state index in [0.29, 0.717) is 18.6 Å². The van der Waals surface area contributed by atoms with E-state index in [1.54, 1.807) is 13.3 Å². The highest BCUT2D eigenvalue weighted by molar-refractivity contribution is 5.69. The predicted octanol–water partition coefficient (Wildman–Crippen LogP) is 1.20. The lowest BCUT2D eigenvalue weighted by Gasteiger charge is -2.01. The largest absolute Gasteiger partial charge is 0.495 e. The molecule has 0 amide bonds. The van der Waals surface area contributed by atoms with E-state index in [-0.39, 0.29) is 5.97 Å². The first-order chi connectivity index (χ1) is 6.76. The van der Waals surface area contributed by atoms with Crippen molar-refractivity contribution in [2.24, 2.45) is 0 Å². The number of carbonyl (C=O) groups excluding carboxylic acids is 1. The fourth-order valence-corrected chi connectivity index (χ4v) is 1.01. The summed E-state index contributed by atoms with van der Waals surface area (Å²) >= 11 is 0. The number of ether oxygens (including phenoxy) is 2. The average Bonchev–Trinajstić information content (AvgIpc) is 2.26. The van der Waals surface area contributed by atoms with Crippen molar-refractivity contribution >= 4 is 5.97 Å². The van der Waals surface area contributed by atoms with Crippen molar-refractivity contribution in [1.82, 2.24) is 4.98 Å². The van der Waals surface area contributed by atoms with Gasteiger partial charge in [-0.05, 0) is 12.1 Å². The molecule has 4 nitrogen and oxygen atoms in total. The number of aryl methyl sites for hydroxylation is 1. The third-order valence-corrected chi connectivity index (χ3v) is 1.85. The van der Waals surface area contributed by atoms with Gasteiger partial charge in [-0.3, -0.25) is 9.78 Å². The van der Waals surface area contributed by atoms with Crippen LogP contribution in [0.1, 0.15) is 12.1 Å². The number of esters is 1. The highest BCUT2D eigenvalue weighted by atomic mass is 16.5. The molecule has 0 spiro atoms. The van der Waals surface area contributed by atoms with Gasteiger partial charge in [-0.25, -0.2) is 0 Å². The lowest BCUT2D eigenvalue weighted by molar-refractivity contribution is -0.140. The van der Waals surface area contributed by atoms with Crippen LogP contribution in [0.25, 0.3) is 0 Å².